The fraction of sp³-hybridized carbons (Fsp3) is 0.500. The number of hydrogen-bond acceptors (Lipinski definition) is 8. The smallest absolute Gasteiger partial charge is 0.344 e. The molecule has 0 heterocycles. The predicted octanol–water partition coefficient (Wildman–Crippen LogP) is 1.06. The minimum Gasteiger partial charge on any atom is -0.497 e. The Bertz CT molecular complexity index is 716. The highest BCUT2D eigenvalue weighted by Crippen LogP contribution is 2.33. The summed E-state index contributed by atoms with van der Waals surface area (Å²) in [7, 11) is 1.40. The Balaban J connectivity index is 3.75. The van der Waals surface area contributed by atoms with Gasteiger partial charge in [-0.25, -0.2) is 9.59 Å². The van der Waals surface area contributed by atoms with Crippen molar-refractivity contribution in [2.45, 2.75) is 32.2 Å². The Morgan fingerprint density at radius 3 is 2.18 bits per heavy atom. The molecule has 0 spiro atoms. The van der Waals surface area contributed by atoms with E-state index in [0.717, 1.165) is 6.92 Å². The van der Waals surface area contributed by atoms with E-state index >= 15 is 0 Å². The highest BCUT2D eigenvalue weighted by atomic mass is 16.6. The molecule has 10 nitrogen and oxygen atoms in total. The summed E-state index contributed by atoms with van der Waals surface area (Å²) in [5.74, 6) is -4.08. The molecule has 0 saturated carbocycles. The standard InChI is InChI=1S/C18H24N2O8/c1-5-27-16(22)18(19-12(3)21,17(23)28-6-2)15(11-20(24)25)13-8-7-9-14(10-13)26-4/h7-10,15H,5-6,11H2,1-4H3,(H,19,21)/t15-/m1/s1. The Hall–Kier alpha value is -3.17. The van der Waals surface area contributed by atoms with Crippen LogP contribution in [0.3, 0.4) is 0 Å². The molecule has 10 heteroatoms. The summed E-state index contributed by atoms with van der Waals surface area (Å²) in [5, 5.41) is 13.7. The van der Waals surface area contributed by atoms with Gasteiger partial charge in [-0.15, -0.1) is 0 Å². The van der Waals surface area contributed by atoms with Crippen molar-refractivity contribution in [2.24, 2.45) is 0 Å². The lowest BCUT2D eigenvalue weighted by atomic mass is 9.78. The van der Waals surface area contributed by atoms with E-state index in [-0.39, 0.29) is 18.8 Å². The Kier molecular flexibility index (Phi) is 8.36. The lowest BCUT2D eigenvalue weighted by molar-refractivity contribution is -0.484. The van der Waals surface area contributed by atoms with Crippen LogP contribution in [0.2, 0.25) is 0 Å². The minimum absolute atomic E-state index is 0.108. The SMILES string of the molecule is CCOC(=O)C(NC(C)=O)(C(=O)OCC)[C@H](C[N+](=O)[O-])c1cccc(OC)c1. The zero-order chi connectivity index (χ0) is 21.3. The second kappa shape index (κ2) is 10.2. The van der Waals surface area contributed by atoms with Gasteiger partial charge in [0.25, 0.3) is 0 Å². The molecule has 1 amide bonds. The quantitative estimate of drug-likeness (QED) is 0.268. The number of ether oxygens (including phenoxy) is 3. The third-order valence-electron chi connectivity index (χ3n) is 3.92. The summed E-state index contributed by atoms with van der Waals surface area (Å²) in [6.45, 7) is 3.05. The fourth-order valence-corrected chi connectivity index (χ4v) is 2.82. The molecule has 28 heavy (non-hydrogen) atoms. The summed E-state index contributed by atoms with van der Waals surface area (Å²) >= 11 is 0. The van der Waals surface area contributed by atoms with Crippen molar-refractivity contribution < 1.29 is 33.5 Å². The summed E-state index contributed by atoms with van der Waals surface area (Å²) in [6.07, 6.45) is 0. The van der Waals surface area contributed by atoms with Crippen LogP contribution in [0.4, 0.5) is 0 Å². The van der Waals surface area contributed by atoms with Crippen LogP contribution >= 0.6 is 0 Å². The van der Waals surface area contributed by atoms with E-state index in [1.54, 1.807) is 12.1 Å². The van der Waals surface area contributed by atoms with Gasteiger partial charge in [0, 0.05) is 11.8 Å². The Morgan fingerprint density at radius 1 is 1.18 bits per heavy atom. The van der Waals surface area contributed by atoms with Gasteiger partial charge in [0.1, 0.15) is 5.75 Å². The zero-order valence-corrected chi connectivity index (χ0v) is 16.2. The predicted molar refractivity (Wildman–Crippen MR) is 97.4 cm³/mol. The number of rotatable bonds is 10. The van der Waals surface area contributed by atoms with Gasteiger partial charge in [0.2, 0.25) is 18.0 Å². The molecule has 0 aliphatic rings. The van der Waals surface area contributed by atoms with Crippen LogP contribution in [0.1, 0.15) is 32.3 Å². The van der Waals surface area contributed by atoms with Crippen LogP contribution in [0.5, 0.6) is 5.75 Å². The first-order chi connectivity index (χ1) is 13.2. The van der Waals surface area contributed by atoms with Crippen LogP contribution < -0.4 is 10.1 Å². The number of hydrogen-bond donors (Lipinski definition) is 1. The first-order valence-electron chi connectivity index (χ1n) is 8.61. The maximum absolute atomic E-state index is 12.9. The molecule has 0 unspecified atom stereocenters. The van der Waals surface area contributed by atoms with Crippen LogP contribution in [-0.4, -0.2) is 55.2 Å². The van der Waals surface area contributed by atoms with E-state index in [4.69, 9.17) is 14.2 Å². The lowest BCUT2D eigenvalue weighted by Gasteiger charge is -2.35. The number of amides is 1. The molecule has 0 radical (unpaired) electrons. The molecule has 1 atom stereocenters. The molecule has 1 aromatic carbocycles. The van der Waals surface area contributed by atoms with Gasteiger partial charge >= 0.3 is 11.9 Å². The fourth-order valence-electron chi connectivity index (χ4n) is 2.82. The molecule has 0 saturated heterocycles. The maximum Gasteiger partial charge on any atom is 0.344 e. The van der Waals surface area contributed by atoms with Crippen molar-refractivity contribution in [3.05, 3.63) is 39.9 Å². The number of esters is 2. The van der Waals surface area contributed by atoms with Gasteiger partial charge in [-0.05, 0) is 31.5 Å². The number of nitro groups is 1. The molecule has 0 aliphatic heterocycles. The van der Waals surface area contributed by atoms with Crippen LogP contribution in [0, 0.1) is 10.1 Å². The lowest BCUT2D eigenvalue weighted by Crippen LogP contribution is -2.65. The summed E-state index contributed by atoms with van der Waals surface area (Å²) in [5.41, 5.74) is -2.21. The second-order valence-corrected chi connectivity index (χ2v) is 5.77. The molecular weight excluding hydrogens is 372 g/mol. The van der Waals surface area contributed by atoms with Gasteiger partial charge in [-0.2, -0.15) is 0 Å². The largest absolute Gasteiger partial charge is 0.497 e. The monoisotopic (exact) mass is 396 g/mol. The van der Waals surface area contributed by atoms with Gasteiger partial charge in [-0.1, -0.05) is 12.1 Å². The van der Waals surface area contributed by atoms with E-state index in [2.05, 4.69) is 5.32 Å². The van der Waals surface area contributed by atoms with Crippen LogP contribution in [0.25, 0.3) is 0 Å². The van der Waals surface area contributed by atoms with Gasteiger partial charge in [-0.3, -0.25) is 14.9 Å². The first kappa shape index (κ1) is 22.9. The van der Waals surface area contributed by atoms with E-state index in [1.165, 1.54) is 33.1 Å². The summed E-state index contributed by atoms with van der Waals surface area (Å²) in [4.78, 5) is 48.4. The third kappa shape index (κ3) is 5.18. The molecule has 0 fully saturated rings. The first-order valence-corrected chi connectivity index (χ1v) is 8.61. The molecule has 0 bridgehead atoms. The van der Waals surface area contributed by atoms with Crippen LogP contribution in [-0.2, 0) is 23.9 Å². The topological polar surface area (TPSA) is 134 Å². The average Bonchev–Trinajstić information content (AvgIpc) is 2.64. The number of nitrogens with one attached hydrogen (secondary N) is 1. The number of methoxy groups -OCH3 is 1. The van der Waals surface area contributed by atoms with Crippen molar-refractivity contribution in [1.82, 2.24) is 5.32 Å². The normalized spacial score (nSPS) is 11.9. The molecule has 1 aromatic rings. The van der Waals surface area contributed by atoms with Gasteiger partial charge in [0.05, 0.1) is 26.2 Å². The number of carbonyl (C=O) groups excluding carboxylic acids is 3. The van der Waals surface area contributed by atoms with Crippen molar-refractivity contribution in [3.8, 4) is 5.75 Å². The highest BCUT2D eigenvalue weighted by Gasteiger charge is 2.58. The Labute approximate surface area is 162 Å². The van der Waals surface area contributed by atoms with Crippen LogP contribution in [0.15, 0.2) is 24.3 Å². The maximum atomic E-state index is 12.9. The summed E-state index contributed by atoms with van der Waals surface area (Å²) in [6, 6.07) is 6.09. The average molecular weight is 396 g/mol. The van der Waals surface area contributed by atoms with E-state index in [0.29, 0.717) is 5.75 Å². The zero-order valence-electron chi connectivity index (χ0n) is 16.2. The third-order valence-corrected chi connectivity index (χ3v) is 3.92. The number of carbonyl (C=O) groups is 3. The Morgan fingerprint density at radius 2 is 1.75 bits per heavy atom. The second-order valence-electron chi connectivity index (χ2n) is 5.77. The molecule has 154 valence electrons. The van der Waals surface area contributed by atoms with Gasteiger partial charge in [0.15, 0.2) is 0 Å². The van der Waals surface area contributed by atoms with Crippen molar-refractivity contribution >= 4 is 17.8 Å². The van der Waals surface area contributed by atoms with Crippen molar-refractivity contribution in [2.75, 3.05) is 26.9 Å². The minimum atomic E-state index is -2.43. The summed E-state index contributed by atoms with van der Waals surface area (Å²) < 4.78 is 15.1. The highest BCUT2D eigenvalue weighted by molar-refractivity contribution is 6.09. The van der Waals surface area contributed by atoms with E-state index in [1.807, 2.05) is 0 Å². The van der Waals surface area contributed by atoms with Crippen molar-refractivity contribution in [3.63, 3.8) is 0 Å². The molecule has 1 N–H and O–H groups in total. The van der Waals surface area contributed by atoms with E-state index < -0.39 is 40.8 Å². The number of nitrogens with zero attached hydrogens (tertiary/aromatic N) is 1. The molecule has 1 rings (SSSR count). The van der Waals surface area contributed by atoms with E-state index in [9.17, 15) is 24.5 Å². The number of benzene rings is 1. The molecular formula is C18H24N2O8. The molecule has 0 aromatic heterocycles. The van der Waals surface area contributed by atoms with Gasteiger partial charge < -0.3 is 19.5 Å². The van der Waals surface area contributed by atoms with Crippen molar-refractivity contribution in [1.29, 1.82) is 0 Å². The molecule has 0 aliphatic carbocycles.